The molecule has 1 heterocycles. The molecule has 0 atom stereocenters. The maximum Gasteiger partial charge on any atom is 0.274 e. The molecule has 0 spiro atoms. The molecule has 0 aliphatic carbocycles. The summed E-state index contributed by atoms with van der Waals surface area (Å²) in [6, 6.07) is 4.82. The highest BCUT2D eigenvalue weighted by Crippen LogP contribution is 2.25. The van der Waals surface area contributed by atoms with Gasteiger partial charge in [0.25, 0.3) is 5.56 Å². The fourth-order valence-corrected chi connectivity index (χ4v) is 1.40. The summed E-state index contributed by atoms with van der Waals surface area (Å²) in [7, 11) is 1.47. The summed E-state index contributed by atoms with van der Waals surface area (Å²) in [5.41, 5.74) is 3.13. The minimum atomic E-state index is -0.334. The summed E-state index contributed by atoms with van der Waals surface area (Å²) in [5, 5.41) is 20.8. The van der Waals surface area contributed by atoms with Crippen molar-refractivity contribution in [2.24, 2.45) is 5.10 Å². The van der Waals surface area contributed by atoms with E-state index in [1.54, 1.807) is 19.1 Å². The third-order valence-corrected chi connectivity index (χ3v) is 2.45. The Hall–Kier alpha value is -2.90. The van der Waals surface area contributed by atoms with Crippen molar-refractivity contribution in [1.82, 2.24) is 15.2 Å². The van der Waals surface area contributed by atoms with Crippen molar-refractivity contribution in [3.05, 3.63) is 39.8 Å². The van der Waals surface area contributed by atoms with E-state index >= 15 is 0 Å². The number of aromatic hydroxyl groups is 1. The lowest BCUT2D eigenvalue weighted by molar-refractivity contribution is 0.373. The SMILES string of the molecule is COc1ccc(C=NNc2nnc(C)c(=O)[nH]2)cc1O. The molecule has 0 aliphatic rings. The molecule has 0 amide bonds. The number of phenols is 1. The Morgan fingerprint density at radius 1 is 1.45 bits per heavy atom. The molecular formula is C12H13N5O3. The van der Waals surface area contributed by atoms with Crippen LogP contribution in [0.4, 0.5) is 5.95 Å². The molecule has 2 aromatic rings. The normalized spacial score (nSPS) is 10.7. The average Bonchev–Trinajstić information content (AvgIpc) is 2.43. The number of nitrogens with zero attached hydrogens (tertiary/aromatic N) is 3. The molecule has 8 nitrogen and oxygen atoms in total. The minimum absolute atomic E-state index is 0.0139. The van der Waals surface area contributed by atoms with E-state index in [2.05, 4.69) is 25.7 Å². The first-order valence-corrected chi connectivity index (χ1v) is 5.70. The van der Waals surface area contributed by atoms with Crippen LogP contribution in [0.15, 0.2) is 28.1 Å². The number of H-pyrrole nitrogens is 1. The van der Waals surface area contributed by atoms with Gasteiger partial charge in [0.15, 0.2) is 11.5 Å². The summed E-state index contributed by atoms with van der Waals surface area (Å²) in [6.07, 6.45) is 1.46. The number of rotatable bonds is 4. The lowest BCUT2D eigenvalue weighted by Gasteiger charge is -2.03. The van der Waals surface area contributed by atoms with E-state index in [1.165, 1.54) is 19.4 Å². The Balaban J connectivity index is 2.08. The second-order valence-electron chi connectivity index (χ2n) is 3.89. The van der Waals surface area contributed by atoms with Crippen LogP contribution < -0.4 is 15.7 Å². The molecule has 0 bridgehead atoms. The standard InChI is InChI=1S/C12H13N5O3/c1-7-11(19)14-12(17-15-7)16-13-6-8-3-4-10(20-2)9(18)5-8/h3-6,18H,1-2H3,(H2,14,16,17,19). The molecule has 0 radical (unpaired) electrons. The second-order valence-corrected chi connectivity index (χ2v) is 3.89. The van der Waals surface area contributed by atoms with Gasteiger partial charge in [0, 0.05) is 0 Å². The fourth-order valence-electron chi connectivity index (χ4n) is 1.40. The zero-order valence-electron chi connectivity index (χ0n) is 10.9. The highest BCUT2D eigenvalue weighted by Gasteiger charge is 2.01. The quantitative estimate of drug-likeness (QED) is 0.557. The number of aromatic amines is 1. The first-order valence-electron chi connectivity index (χ1n) is 5.70. The van der Waals surface area contributed by atoms with Crippen molar-refractivity contribution < 1.29 is 9.84 Å². The molecule has 0 fully saturated rings. The molecule has 20 heavy (non-hydrogen) atoms. The predicted octanol–water partition coefficient (Wildman–Crippen LogP) is 0.634. The number of benzene rings is 1. The van der Waals surface area contributed by atoms with Gasteiger partial charge in [0.2, 0.25) is 5.95 Å². The van der Waals surface area contributed by atoms with Crippen LogP contribution >= 0.6 is 0 Å². The van der Waals surface area contributed by atoms with Gasteiger partial charge in [0.1, 0.15) is 5.69 Å². The third kappa shape index (κ3) is 3.10. The summed E-state index contributed by atoms with van der Waals surface area (Å²) in [6.45, 7) is 1.55. The zero-order valence-corrected chi connectivity index (χ0v) is 10.9. The van der Waals surface area contributed by atoms with Crippen LogP contribution in [0.25, 0.3) is 0 Å². The molecule has 2 rings (SSSR count). The van der Waals surface area contributed by atoms with Gasteiger partial charge < -0.3 is 9.84 Å². The van der Waals surface area contributed by atoms with Crippen LogP contribution in [0, 0.1) is 6.92 Å². The van der Waals surface area contributed by atoms with Gasteiger partial charge in [-0.3, -0.25) is 9.78 Å². The molecule has 1 aromatic carbocycles. The van der Waals surface area contributed by atoms with Crippen LogP contribution in [-0.2, 0) is 0 Å². The van der Waals surface area contributed by atoms with Crippen LogP contribution in [-0.4, -0.2) is 33.6 Å². The van der Waals surface area contributed by atoms with Crippen LogP contribution in [0.5, 0.6) is 11.5 Å². The number of phenolic OH excluding ortho intramolecular Hbond substituents is 1. The number of hydrogen-bond donors (Lipinski definition) is 3. The number of hydrogen-bond acceptors (Lipinski definition) is 7. The highest BCUT2D eigenvalue weighted by atomic mass is 16.5. The van der Waals surface area contributed by atoms with E-state index in [-0.39, 0.29) is 23.0 Å². The lowest BCUT2D eigenvalue weighted by atomic mass is 10.2. The van der Waals surface area contributed by atoms with E-state index in [4.69, 9.17) is 4.74 Å². The number of hydrazone groups is 1. The van der Waals surface area contributed by atoms with Gasteiger partial charge in [-0.25, -0.2) is 5.43 Å². The van der Waals surface area contributed by atoms with Gasteiger partial charge >= 0.3 is 0 Å². The molecule has 1 aromatic heterocycles. The van der Waals surface area contributed by atoms with Gasteiger partial charge in [-0.1, -0.05) is 0 Å². The van der Waals surface area contributed by atoms with E-state index in [1.807, 2.05) is 0 Å². The topological polar surface area (TPSA) is 112 Å². The number of ether oxygens (including phenoxy) is 1. The van der Waals surface area contributed by atoms with E-state index in [9.17, 15) is 9.90 Å². The lowest BCUT2D eigenvalue weighted by Crippen LogP contribution is -2.15. The Bertz CT molecular complexity index is 696. The van der Waals surface area contributed by atoms with Gasteiger partial charge in [-0.2, -0.15) is 5.10 Å². The summed E-state index contributed by atoms with van der Waals surface area (Å²) in [5.74, 6) is 0.526. The van der Waals surface area contributed by atoms with Gasteiger partial charge in [0.05, 0.1) is 13.3 Å². The van der Waals surface area contributed by atoms with Crippen molar-refractivity contribution in [3.63, 3.8) is 0 Å². The van der Waals surface area contributed by atoms with Crippen molar-refractivity contribution >= 4 is 12.2 Å². The fraction of sp³-hybridized carbons (Fsp3) is 0.167. The van der Waals surface area contributed by atoms with Crippen molar-refractivity contribution in [3.8, 4) is 11.5 Å². The number of aromatic nitrogens is 3. The molecule has 0 unspecified atom stereocenters. The number of anilines is 1. The molecule has 0 saturated heterocycles. The maximum atomic E-state index is 11.3. The van der Waals surface area contributed by atoms with Crippen molar-refractivity contribution in [2.75, 3.05) is 12.5 Å². The highest BCUT2D eigenvalue weighted by molar-refractivity contribution is 5.81. The van der Waals surface area contributed by atoms with E-state index < -0.39 is 0 Å². The molecule has 3 N–H and O–H groups in total. The first kappa shape index (κ1) is 13.5. The molecule has 0 saturated carbocycles. The summed E-state index contributed by atoms with van der Waals surface area (Å²) >= 11 is 0. The number of nitrogens with one attached hydrogen (secondary N) is 2. The van der Waals surface area contributed by atoms with Crippen LogP contribution in [0.2, 0.25) is 0 Å². The molecule has 8 heteroatoms. The average molecular weight is 275 g/mol. The summed E-state index contributed by atoms with van der Waals surface area (Å²) < 4.78 is 4.93. The monoisotopic (exact) mass is 275 g/mol. The zero-order chi connectivity index (χ0) is 14.5. The minimum Gasteiger partial charge on any atom is -0.504 e. The molecular weight excluding hydrogens is 262 g/mol. The number of aryl methyl sites for hydroxylation is 1. The second kappa shape index (κ2) is 5.83. The first-order chi connectivity index (χ1) is 9.60. The maximum absolute atomic E-state index is 11.3. The Morgan fingerprint density at radius 3 is 2.90 bits per heavy atom. The summed E-state index contributed by atoms with van der Waals surface area (Å²) in [4.78, 5) is 13.8. The van der Waals surface area contributed by atoms with Crippen LogP contribution in [0.3, 0.4) is 0 Å². The van der Waals surface area contributed by atoms with Crippen molar-refractivity contribution in [1.29, 1.82) is 0 Å². The molecule has 0 aliphatic heterocycles. The predicted molar refractivity (Wildman–Crippen MR) is 73.3 cm³/mol. The van der Waals surface area contributed by atoms with E-state index in [0.29, 0.717) is 11.3 Å². The largest absolute Gasteiger partial charge is 0.504 e. The van der Waals surface area contributed by atoms with E-state index in [0.717, 1.165) is 0 Å². The van der Waals surface area contributed by atoms with Gasteiger partial charge in [-0.15, -0.1) is 10.2 Å². The smallest absolute Gasteiger partial charge is 0.274 e. The Morgan fingerprint density at radius 2 is 2.25 bits per heavy atom. The van der Waals surface area contributed by atoms with Crippen LogP contribution in [0.1, 0.15) is 11.3 Å². The number of methoxy groups -OCH3 is 1. The Labute approximate surface area is 114 Å². The van der Waals surface area contributed by atoms with Crippen molar-refractivity contribution in [2.45, 2.75) is 6.92 Å². The van der Waals surface area contributed by atoms with Gasteiger partial charge in [-0.05, 0) is 30.7 Å². The Kier molecular flexibility index (Phi) is 3.94. The third-order valence-electron chi connectivity index (χ3n) is 2.45. The molecule has 104 valence electrons.